The lowest BCUT2D eigenvalue weighted by Gasteiger charge is -2.05. The summed E-state index contributed by atoms with van der Waals surface area (Å²) in [6, 6.07) is 4.85. The van der Waals surface area contributed by atoms with Crippen LogP contribution >= 0.6 is 0 Å². The van der Waals surface area contributed by atoms with Gasteiger partial charge >= 0.3 is 0 Å². The third-order valence-electron chi connectivity index (χ3n) is 2.55. The van der Waals surface area contributed by atoms with Gasteiger partial charge in [-0.05, 0) is 12.1 Å². The van der Waals surface area contributed by atoms with Crippen LogP contribution in [0.4, 0.5) is 4.39 Å². The van der Waals surface area contributed by atoms with Crippen molar-refractivity contribution in [3.05, 3.63) is 29.8 Å². The monoisotopic (exact) mass is 265 g/mol. The smallest absolute Gasteiger partial charge is 0.264 e. The molecule has 0 saturated heterocycles. The highest BCUT2D eigenvalue weighted by molar-refractivity contribution is 5.63. The van der Waals surface area contributed by atoms with Gasteiger partial charge < -0.3 is 14.6 Å². The molecule has 0 aliphatic heterocycles. The predicted molar refractivity (Wildman–Crippen MR) is 68.2 cm³/mol. The molecule has 0 aliphatic carbocycles. The molecule has 1 aromatic carbocycles. The van der Waals surface area contributed by atoms with Crippen molar-refractivity contribution in [2.45, 2.75) is 26.4 Å². The van der Waals surface area contributed by atoms with Crippen molar-refractivity contribution >= 4 is 0 Å². The number of hydrogen-bond acceptors (Lipinski definition) is 5. The zero-order valence-electron chi connectivity index (χ0n) is 11.1. The summed E-state index contributed by atoms with van der Waals surface area (Å²) in [4.78, 5) is 4.16. The van der Waals surface area contributed by atoms with Crippen LogP contribution in [0.2, 0.25) is 0 Å². The number of methoxy groups -OCH3 is 1. The topological polar surface area (TPSA) is 60.2 Å². The molecule has 102 valence electrons. The van der Waals surface area contributed by atoms with Crippen LogP contribution in [0, 0.1) is 5.82 Å². The number of halogens is 1. The van der Waals surface area contributed by atoms with Crippen molar-refractivity contribution in [2.75, 3.05) is 7.11 Å². The molecule has 0 unspecified atom stereocenters. The summed E-state index contributed by atoms with van der Waals surface area (Å²) in [6.07, 6.45) is 0. The van der Waals surface area contributed by atoms with Gasteiger partial charge in [-0.15, -0.1) is 0 Å². The summed E-state index contributed by atoms with van der Waals surface area (Å²) in [5.74, 6) is 0.517. The summed E-state index contributed by atoms with van der Waals surface area (Å²) in [5, 5.41) is 6.97. The molecule has 1 N–H and O–H groups in total. The number of ether oxygens (including phenoxy) is 1. The number of aromatic nitrogens is 2. The summed E-state index contributed by atoms with van der Waals surface area (Å²) in [6.45, 7) is 4.50. The molecule has 0 spiro atoms. The van der Waals surface area contributed by atoms with Crippen molar-refractivity contribution in [3.63, 3.8) is 0 Å². The van der Waals surface area contributed by atoms with Crippen LogP contribution in [0.15, 0.2) is 22.7 Å². The lowest BCUT2D eigenvalue weighted by Crippen LogP contribution is -2.22. The van der Waals surface area contributed by atoms with Crippen LogP contribution in [-0.4, -0.2) is 23.3 Å². The van der Waals surface area contributed by atoms with E-state index in [4.69, 9.17) is 9.26 Å². The maximum atomic E-state index is 13.8. The Morgan fingerprint density at radius 3 is 2.89 bits per heavy atom. The van der Waals surface area contributed by atoms with Crippen molar-refractivity contribution in [3.8, 4) is 17.2 Å². The number of benzene rings is 1. The van der Waals surface area contributed by atoms with E-state index in [-0.39, 0.29) is 11.5 Å². The standard InChI is InChI=1S/C13H16FN3O2/c1-8(2)15-7-11-16-13(19-17-11)12-9(14)5-4-6-10(12)18-3/h4-6,8,15H,7H2,1-3H3. The van der Waals surface area contributed by atoms with Crippen molar-refractivity contribution in [1.29, 1.82) is 0 Å². The summed E-state index contributed by atoms with van der Waals surface area (Å²) in [7, 11) is 1.47. The Labute approximate surface area is 110 Å². The van der Waals surface area contributed by atoms with Gasteiger partial charge in [0.05, 0.1) is 13.7 Å². The van der Waals surface area contributed by atoms with Crippen LogP contribution < -0.4 is 10.1 Å². The van der Waals surface area contributed by atoms with Crippen LogP contribution in [0.3, 0.4) is 0 Å². The zero-order chi connectivity index (χ0) is 13.8. The van der Waals surface area contributed by atoms with Gasteiger partial charge in [-0.3, -0.25) is 0 Å². The minimum atomic E-state index is -0.452. The van der Waals surface area contributed by atoms with Crippen molar-refractivity contribution in [2.24, 2.45) is 0 Å². The average molecular weight is 265 g/mol. The molecule has 1 aromatic heterocycles. The highest BCUT2D eigenvalue weighted by Crippen LogP contribution is 2.31. The number of nitrogens with one attached hydrogen (secondary N) is 1. The van der Waals surface area contributed by atoms with Crippen molar-refractivity contribution in [1.82, 2.24) is 15.5 Å². The summed E-state index contributed by atoms with van der Waals surface area (Å²) < 4.78 is 24.0. The van der Waals surface area contributed by atoms with Gasteiger partial charge in [0.1, 0.15) is 17.1 Å². The van der Waals surface area contributed by atoms with Gasteiger partial charge in [0.25, 0.3) is 5.89 Å². The fraction of sp³-hybridized carbons (Fsp3) is 0.385. The molecule has 0 radical (unpaired) electrons. The Kier molecular flexibility index (Phi) is 4.11. The first-order valence-electron chi connectivity index (χ1n) is 6.00. The third kappa shape index (κ3) is 3.08. The van der Waals surface area contributed by atoms with Gasteiger partial charge in [0.2, 0.25) is 0 Å². The molecule has 6 heteroatoms. The first-order valence-corrected chi connectivity index (χ1v) is 6.00. The van der Waals surface area contributed by atoms with E-state index in [0.29, 0.717) is 24.2 Å². The van der Waals surface area contributed by atoms with Crippen LogP contribution in [0.1, 0.15) is 19.7 Å². The second kappa shape index (κ2) is 5.79. The molecule has 0 bridgehead atoms. The normalized spacial score (nSPS) is 11.0. The molecule has 2 rings (SSSR count). The maximum absolute atomic E-state index is 13.8. The van der Waals surface area contributed by atoms with Gasteiger partial charge in [0.15, 0.2) is 5.82 Å². The Morgan fingerprint density at radius 1 is 1.42 bits per heavy atom. The fourth-order valence-corrected chi connectivity index (χ4v) is 1.60. The molecule has 1 heterocycles. The van der Waals surface area contributed by atoms with E-state index >= 15 is 0 Å². The fourth-order valence-electron chi connectivity index (χ4n) is 1.60. The average Bonchev–Trinajstić information content (AvgIpc) is 2.84. The molecule has 0 amide bonds. The Balaban J connectivity index is 2.28. The molecule has 0 fully saturated rings. The molecular weight excluding hydrogens is 249 g/mol. The minimum absolute atomic E-state index is 0.121. The second-order valence-electron chi connectivity index (χ2n) is 4.37. The molecule has 0 aliphatic rings. The molecule has 0 atom stereocenters. The number of rotatable bonds is 5. The van der Waals surface area contributed by atoms with E-state index < -0.39 is 5.82 Å². The van der Waals surface area contributed by atoms with Gasteiger partial charge in [-0.1, -0.05) is 25.1 Å². The van der Waals surface area contributed by atoms with Crippen LogP contribution in [0.25, 0.3) is 11.5 Å². The third-order valence-corrected chi connectivity index (χ3v) is 2.55. The van der Waals surface area contributed by atoms with E-state index in [1.165, 1.54) is 13.2 Å². The van der Waals surface area contributed by atoms with Crippen LogP contribution in [0.5, 0.6) is 5.75 Å². The molecule has 19 heavy (non-hydrogen) atoms. The van der Waals surface area contributed by atoms with Crippen molar-refractivity contribution < 1.29 is 13.7 Å². The SMILES string of the molecule is COc1cccc(F)c1-c1nc(CNC(C)C)no1. The van der Waals surface area contributed by atoms with Crippen LogP contribution in [-0.2, 0) is 6.54 Å². The Bertz CT molecular complexity index is 555. The highest BCUT2D eigenvalue weighted by atomic mass is 19.1. The summed E-state index contributed by atoms with van der Waals surface area (Å²) in [5.41, 5.74) is 0.188. The lowest BCUT2D eigenvalue weighted by atomic mass is 10.2. The molecule has 0 saturated carbocycles. The predicted octanol–water partition coefficient (Wildman–Crippen LogP) is 2.38. The number of nitrogens with zero attached hydrogens (tertiary/aromatic N) is 2. The first-order chi connectivity index (χ1) is 9.11. The van der Waals surface area contributed by atoms with E-state index in [9.17, 15) is 4.39 Å². The Hall–Kier alpha value is -1.95. The largest absolute Gasteiger partial charge is 0.496 e. The van der Waals surface area contributed by atoms with Gasteiger partial charge in [-0.25, -0.2) is 4.39 Å². The van der Waals surface area contributed by atoms with Gasteiger partial charge in [-0.2, -0.15) is 4.98 Å². The Morgan fingerprint density at radius 2 is 2.21 bits per heavy atom. The quantitative estimate of drug-likeness (QED) is 0.899. The highest BCUT2D eigenvalue weighted by Gasteiger charge is 2.18. The lowest BCUT2D eigenvalue weighted by molar-refractivity contribution is 0.396. The first kappa shape index (κ1) is 13.5. The minimum Gasteiger partial charge on any atom is -0.496 e. The summed E-state index contributed by atoms with van der Waals surface area (Å²) >= 11 is 0. The number of hydrogen-bond donors (Lipinski definition) is 1. The van der Waals surface area contributed by atoms with E-state index in [0.717, 1.165) is 0 Å². The zero-order valence-corrected chi connectivity index (χ0v) is 11.1. The van der Waals surface area contributed by atoms with E-state index in [1.54, 1.807) is 12.1 Å². The molecular formula is C13H16FN3O2. The van der Waals surface area contributed by atoms with E-state index in [1.807, 2.05) is 13.8 Å². The second-order valence-corrected chi connectivity index (χ2v) is 4.37. The van der Waals surface area contributed by atoms with Gasteiger partial charge in [0, 0.05) is 6.04 Å². The molecule has 2 aromatic rings. The molecule has 5 nitrogen and oxygen atoms in total. The maximum Gasteiger partial charge on any atom is 0.264 e. The van der Waals surface area contributed by atoms with E-state index in [2.05, 4.69) is 15.5 Å².